The average molecular weight is 245 g/mol. The van der Waals surface area contributed by atoms with E-state index in [1.807, 2.05) is 11.8 Å². The standard InChI is InChI=1S/C9H15N3O3S/c1-3-12(5-4-8(13)14)9-11-10-7(16-9)6-15-2/h3-6H2,1-2H3,(H,13,14). The summed E-state index contributed by atoms with van der Waals surface area (Å²) in [5, 5.41) is 18.1. The Morgan fingerprint density at radius 1 is 1.56 bits per heavy atom. The number of carboxylic acids is 1. The maximum Gasteiger partial charge on any atom is 0.305 e. The number of carboxylic acid groups (broad SMARTS) is 1. The molecule has 0 unspecified atom stereocenters. The maximum absolute atomic E-state index is 10.5. The topological polar surface area (TPSA) is 75.6 Å². The highest BCUT2D eigenvalue weighted by Gasteiger charge is 2.12. The summed E-state index contributed by atoms with van der Waals surface area (Å²) in [4.78, 5) is 12.4. The lowest BCUT2D eigenvalue weighted by molar-refractivity contribution is -0.136. The van der Waals surface area contributed by atoms with Crippen LogP contribution in [-0.2, 0) is 16.1 Å². The number of carbonyl (C=O) groups is 1. The van der Waals surface area contributed by atoms with Gasteiger partial charge in [0.2, 0.25) is 5.13 Å². The van der Waals surface area contributed by atoms with Crippen molar-refractivity contribution in [3.05, 3.63) is 5.01 Å². The molecule has 1 aromatic rings. The van der Waals surface area contributed by atoms with Gasteiger partial charge in [-0.05, 0) is 6.92 Å². The van der Waals surface area contributed by atoms with E-state index in [0.717, 1.165) is 16.7 Å². The number of methoxy groups -OCH3 is 1. The number of anilines is 1. The Balaban J connectivity index is 2.59. The van der Waals surface area contributed by atoms with Crippen LogP contribution in [0.4, 0.5) is 5.13 Å². The second-order valence-electron chi connectivity index (χ2n) is 3.13. The van der Waals surface area contributed by atoms with Crippen LogP contribution in [0.3, 0.4) is 0 Å². The second-order valence-corrected chi connectivity index (χ2v) is 4.18. The first-order chi connectivity index (χ1) is 7.67. The van der Waals surface area contributed by atoms with E-state index in [1.165, 1.54) is 11.3 Å². The highest BCUT2D eigenvalue weighted by atomic mass is 32.1. The minimum atomic E-state index is -0.805. The van der Waals surface area contributed by atoms with Gasteiger partial charge < -0.3 is 14.7 Å². The van der Waals surface area contributed by atoms with Crippen LogP contribution in [0.1, 0.15) is 18.4 Å². The molecule has 0 saturated heterocycles. The normalized spacial score (nSPS) is 10.4. The molecule has 0 radical (unpaired) electrons. The maximum atomic E-state index is 10.5. The molecular formula is C9H15N3O3S. The smallest absolute Gasteiger partial charge is 0.305 e. The minimum absolute atomic E-state index is 0.104. The summed E-state index contributed by atoms with van der Waals surface area (Å²) >= 11 is 1.43. The first-order valence-corrected chi connectivity index (χ1v) is 5.77. The van der Waals surface area contributed by atoms with E-state index in [0.29, 0.717) is 13.2 Å². The van der Waals surface area contributed by atoms with Gasteiger partial charge in [0.1, 0.15) is 11.6 Å². The fourth-order valence-corrected chi connectivity index (χ4v) is 2.07. The van der Waals surface area contributed by atoms with Gasteiger partial charge in [-0.15, -0.1) is 10.2 Å². The molecule has 0 spiro atoms. The fourth-order valence-electron chi connectivity index (χ4n) is 1.17. The van der Waals surface area contributed by atoms with E-state index < -0.39 is 5.97 Å². The van der Waals surface area contributed by atoms with Crippen LogP contribution >= 0.6 is 11.3 Å². The molecule has 16 heavy (non-hydrogen) atoms. The van der Waals surface area contributed by atoms with Gasteiger partial charge in [-0.2, -0.15) is 0 Å². The monoisotopic (exact) mass is 245 g/mol. The number of rotatable bonds is 7. The van der Waals surface area contributed by atoms with Crippen molar-refractivity contribution in [3.63, 3.8) is 0 Å². The van der Waals surface area contributed by atoms with E-state index in [2.05, 4.69) is 10.2 Å². The first-order valence-electron chi connectivity index (χ1n) is 4.95. The van der Waals surface area contributed by atoms with Crippen molar-refractivity contribution < 1.29 is 14.6 Å². The predicted octanol–water partition coefficient (Wildman–Crippen LogP) is 0.985. The zero-order valence-electron chi connectivity index (χ0n) is 9.34. The molecule has 0 aromatic carbocycles. The molecule has 0 aliphatic heterocycles. The molecule has 90 valence electrons. The summed E-state index contributed by atoms with van der Waals surface area (Å²) in [5.74, 6) is -0.805. The van der Waals surface area contributed by atoms with Gasteiger partial charge in [-0.1, -0.05) is 11.3 Å². The molecule has 0 saturated carbocycles. The highest BCUT2D eigenvalue weighted by molar-refractivity contribution is 7.15. The van der Waals surface area contributed by atoms with Crippen LogP contribution in [0.25, 0.3) is 0 Å². The van der Waals surface area contributed by atoms with Gasteiger partial charge in [0.25, 0.3) is 0 Å². The summed E-state index contributed by atoms with van der Waals surface area (Å²) in [6.45, 7) is 3.57. The molecule has 0 amide bonds. The average Bonchev–Trinajstić information content (AvgIpc) is 2.68. The van der Waals surface area contributed by atoms with Crippen molar-refractivity contribution in [3.8, 4) is 0 Å². The number of hydrogen-bond donors (Lipinski definition) is 1. The summed E-state index contributed by atoms with van der Waals surface area (Å²) in [6.07, 6.45) is 0.104. The second kappa shape index (κ2) is 6.39. The first kappa shape index (κ1) is 12.9. The zero-order chi connectivity index (χ0) is 12.0. The van der Waals surface area contributed by atoms with E-state index >= 15 is 0 Å². The molecule has 0 fully saturated rings. The van der Waals surface area contributed by atoms with Gasteiger partial charge >= 0.3 is 5.97 Å². The van der Waals surface area contributed by atoms with E-state index in [4.69, 9.17) is 9.84 Å². The molecule has 0 aliphatic carbocycles. The Labute approximate surface area is 97.9 Å². The molecule has 7 heteroatoms. The Morgan fingerprint density at radius 3 is 2.88 bits per heavy atom. The lowest BCUT2D eigenvalue weighted by atomic mass is 10.4. The van der Waals surface area contributed by atoms with Crippen molar-refractivity contribution in [1.82, 2.24) is 10.2 Å². The van der Waals surface area contributed by atoms with Gasteiger partial charge in [0, 0.05) is 20.2 Å². The van der Waals surface area contributed by atoms with Crippen LogP contribution < -0.4 is 4.90 Å². The van der Waals surface area contributed by atoms with E-state index in [9.17, 15) is 4.79 Å². The van der Waals surface area contributed by atoms with Crippen molar-refractivity contribution >= 4 is 22.4 Å². The van der Waals surface area contributed by atoms with E-state index in [1.54, 1.807) is 7.11 Å². The fraction of sp³-hybridized carbons (Fsp3) is 0.667. The van der Waals surface area contributed by atoms with Crippen LogP contribution in [-0.4, -0.2) is 41.5 Å². The van der Waals surface area contributed by atoms with Crippen LogP contribution in [0.5, 0.6) is 0 Å². The highest BCUT2D eigenvalue weighted by Crippen LogP contribution is 2.20. The largest absolute Gasteiger partial charge is 0.481 e. The van der Waals surface area contributed by atoms with Crippen molar-refractivity contribution in [2.75, 3.05) is 25.1 Å². The third-order valence-corrected chi connectivity index (χ3v) is 2.93. The number of hydrogen-bond acceptors (Lipinski definition) is 6. The summed E-state index contributed by atoms with van der Waals surface area (Å²) in [5.41, 5.74) is 0. The summed E-state index contributed by atoms with van der Waals surface area (Å²) < 4.78 is 4.95. The SMILES string of the molecule is CCN(CCC(=O)O)c1nnc(COC)s1. The molecule has 1 heterocycles. The third-order valence-electron chi connectivity index (χ3n) is 1.97. The van der Waals surface area contributed by atoms with Crippen LogP contribution in [0.2, 0.25) is 0 Å². The van der Waals surface area contributed by atoms with Crippen molar-refractivity contribution in [2.45, 2.75) is 20.0 Å². The van der Waals surface area contributed by atoms with E-state index in [-0.39, 0.29) is 6.42 Å². The van der Waals surface area contributed by atoms with Gasteiger partial charge in [0.15, 0.2) is 0 Å². The number of ether oxygens (including phenoxy) is 1. The minimum Gasteiger partial charge on any atom is -0.481 e. The Hall–Kier alpha value is -1.21. The quantitative estimate of drug-likeness (QED) is 0.772. The predicted molar refractivity (Wildman–Crippen MR) is 60.8 cm³/mol. The lowest BCUT2D eigenvalue weighted by Gasteiger charge is -2.17. The lowest BCUT2D eigenvalue weighted by Crippen LogP contribution is -2.25. The zero-order valence-corrected chi connectivity index (χ0v) is 10.2. The third kappa shape index (κ3) is 3.74. The Bertz CT molecular complexity index is 342. The van der Waals surface area contributed by atoms with Gasteiger partial charge in [-0.3, -0.25) is 4.79 Å². The van der Waals surface area contributed by atoms with Crippen molar-refractivity contribution in [2.24, 2.45) is 0 Å². The molecule has 0 aliphatic rings. The molecule has 0 bridgehead atoms. The summed E-state index contributed by atoms with van der Waals surface area (Å²) in [7, 11) is 1.60. The molecule has 1 rings (SSSR count). The van der Waals surface area contributed by atoms with Crippen LogP contribution in [0, 0.1) is 0 Å². The van der Waals surface area contributed by atoms with Crippen molar-refractivity contribution in [1.29, 1.82) is 0 Å². The van der Waals surface area contributed by atoms with Gasteiger partial charge in [-0.25, -0.2) is 0 Å². The summed E-state index contributed by atoms with van der Waals surface area (Å²) in [6, 6.07) is 0. The molecule has 6 nitrogen and oxygen atoms in total. The number of aromatic nitrogens is 2. The number of nitrogens with zero attached hydrogens (tertiary/aromatic N) is 3. The van der Waals surface area contributed by atoms with Gasteiger partial charge in [0.05, 0.1) is 6.42 Å². The molecule has 1 aromatic heterocycles. The molecular weight excluding hydrogens is 230 g/mol. The van der Waals surface area contributed by atoms with Crippen LogP contribution in [0.15, 0.2) is 0 Å². The molecule has 1 N–H and O–H groups in total. The Morgan fingerprint density at radius 2 is 2.31 bits per heavy atom. The number of aliphatic carboxylic acids is 1. The Kier molecular flexibility index (Phi) is 5.13. The molecule has 0 atom stereocenters.